The number of nitrogens with zero attached hydrogens (tertiary/aromatic N) is 1. The number of benzene rings is 2. The number of halogens is 1. The number of aromatic nitrogens is 1. The number of fused-ring (bicyclic) bond motifs is 1. The predicted molar refractivity (Wildman–Crippen MR) is 83.3 cm³/mol. The van der Waals surface area contributed by atoms with Crippen LogP contribution in [-0.4, -0.2) is 11.2 Å². The Labute approximate surface area is 122 Å². The molecule has 0 fully saturated rings. The fraction of sp³-hybridized carbons (Fsp3) is 0.125. The molecular formula is C16H15ClN2O. The molecule has 3 nitrogen and oxygen atoms in total. The average Bonchev–Trinajstić information content (AvgIpc) is 2.77. The summed E-state index contributed by atoms with van der Waals surface area (Å²) in [6.45, 7) is 1.31. The van der Waals surface area contributed by atoms with Crippen LogP contribution in [0.1, 0.15) is 0 Å². The maximum absolute atomic E-state index is 6.22. The first-order valence-electron chi connectivity index (χ1n) is 6.46. The lowest BCUT2D eigenvalue weighted by molar-refractivity contribution is 0.300. The lowest BCUT2D eigenvalue weighted by atomic mass is 10.2. The molecule has 4 heteroatoms. The normalized spacial score (nSPS) is 10.8. The summed E-state index contributed by atoms with van der Waals surface area (Å²) >= 11 is 6.22. The van der Waals surface area contributed by atoms with E-state index in [1.807, 2.05) is 48.7 Å². The van der Waals surface area contributed by atoms with Crippen molar-refractivity contribution in [2.24, 2.45) is 0 Å². The minimum absolute atomic E-state index is 0.568. The molecule has 0 radical (unpaired) electrons. The van der Waals surface area contributed by atoms with Gasteiger partial charge in [-0.3, -0.25) is 0 Å². The van der Waals surface area contributed by atoms with Crippen molar-refractivity contribution >= 4 is 28.2 Å². The van der Waals surface area contributed by atoms with Crippen LogP contribution < -0.4 is 10.5 Å². The smallest absolute Gasteiger partial charge is 0.121 e. The summed E-state index contributed by atoms with van der Waals surface area (Å²) in [6, 6.07) is 15.5. The zero-order valence-electron chi connectivity index (χ0n) is 10.9. The molecule has 0 saturated heterocycles. The first-order valence-corrected chi connectivity index (χ1v) is 6.83. The van der Waals surface area contributed by atoms with Gasteiger partial charge in [0.25, 0.3) is 0 Å². The number of ether oxygens (including phenoxy) is 1. The zero-order chi connectivity index (χ0) is 13.9. The molecule has 0 spiro atoms. The lowest BCUT2D eigenvalue weighted by Gasteiger charge is -2.08. The fourth-order valence-corrected chi connectivity index (χ4v) is 2.53. The Morgan fingerprint density at radius 3 is 2.80 bits per heavy atom. The average molecular weight is 287 g/mol. The van der Waals surface area contributed by atoms with Gasteiger partial charge < -0.3 is 15.0 Å². The topological polar surface area (TPSA) is 40.2 Å². The maximum atomic E-state index is 6.22. The summed E-state index contributed by atoms with van der Waals surface area (Å²) in [5, 5.41) is 1.84. The van der Waals surface area contributed by atoms with Gasteiger partial charge in [0.05, 0.1) is 11.6 Å². The van der Waals surface area contributed by atoms with Crippen molar-refractivity contribution in [2.45, 2.75) is 6.54 Å². The highest BCUT2D eigenvalue weighted by Crippen LogP contribution is 2.25. The molecule has 3 rings (SSSR count). The standard InChI is InChI=1S/C16H15ClN2O/c17-15-11-19(16-7-2-1-6-14(15)16)8-9-20-13-5-3-4-12(18)10-13/h1-7,10-11H,8-9,18H2. The first kappa shape index (κ1) is 12.9. The van der Waals surface area contributed by atoms with Crippen molar-refractivity contribution in [1.29, 1.82) is 0 Å². The minimum Gasteiger partial charge on any atom is -0.492 e. The molecule has 102 valence electrons. The van der Waals surface area contributed by atoms with E-state index in [2.05, 4.69) is 10.6 Å². The molecule has 0 aliphatic heterocycles. The van der Waals surface area contributed by atoms with Crippen LogP contribution in [0.5, 0.6) is 5.75 Å². The lowest BCUT2D eigenvalue weighted by Crippen LogP contribution is -2.07. The van der Waals surface area contributed by atoms with Crippen molar-refractivity contribution in [3.63, 3.8) is 0 Å². The summed E-state index contributed by atoms with van der Waals surface area (Å²) in [5.41, 5.74) is 7.54. The summed E-state index contributed by atoms with van der Waals surface area (Å²) < 4.78 is 7.81. The van der Waals surface area contributed by atoms with E-state index in [4.69, 9.17) is 22.1 Å². The van der Waals surface area contributed by atoms with Crippen molar-refractivity contribution in [3.05, 3.63) is 59.8 Å². The molecule has 1 heterocycles. The summed E-state index contributed by atoms with van der Waals surface area (Å²) in [7, 11) is 0. The van der Waals surface area contributed by atoms with E-state index in [0.29, 0.717) is 12.3 Å². The Kier molecular flexibility index (Phi) is 3.52. The van der Waals surface area contributed by atoms with Crippen molar-refractivity contribution < 1.29 is 4.74 Å². The number of rotatable bonds is 4. The Morgan fingerprint density at radius 1 is 1.10 bits per heavy atom. The minimum atomic E-state index is 0.568. The molecule has 0 amide bonds. The van der Waals surface area contributed by atoms with Crippen LogP contribution in [0.25, 0.3) is 10.9 Å². The van der Waals surface area contributed by atoms with E-state index in [1.54, 1.807) is 0 Å². The van der Waals surface area contributed by atoms with Crippen molar-refractivity contribution in [3.8, 4) is 5.75 Å². The van der Waals surface area contributed by atoms with Gasteiger partial charge in [-0.25, -0.2) is 0 Å². The second-order valence-electron chi connectivity index (χ2n) is 4.61. The molecule has 20 heavy (non-hydrogen) atoms. The Morgan fingerprint density at radius 2 is 1.95 bits per heavy atom. The van der Waals surface area contributed by atoms with Crippen LogP contribution in [0.15, 0.2) is 54.7 Å². The van der Waals surface area contributed by atoms with Crippen LogP contribution >= 0.6 is 11.6 Å². The molecule has 1 aromatic heterocycles. The summed E-state index contributed by atoms with van der Waals surface area (Å²) in [6.07, 6.45) is 1.94. The van der Waals surface area contributed by atoms with Gasteiger partial charge in [0.15, 0.2) is 0 Å². The van der Waals surface area contributed by atoms with Crippen LogP contribution in [-0.2, 0) is 6.54 Å². The highest BCUT2D eigenvalue weighted by Gasteiger charge is 2.05. The molecule has 0 aliphatic rings. The maximum Gasteiger partial charge on any atom is 0.121 e. The molecule has 0 saturated carbocycles. The van der Waals surface area contributed by atoms with Crippen molar-refractivity contribution in [1.82, 2.24) is 4.57 Å². The van der Waals surface area contributed by atoms with E-state index in [-0.39, 0.29) is 0 Å². The number of hydrogen-bond acceptors (Lipinski definition) is 2. The molecule has 0 unspecified atom stereocenters. The van der Waals surface area contributed by atoms with Gasteiger partial charge in [-0.15, -0.1) is 0 Å². The van der Waals surface area contributed by atoms with Gasteiger partial charge in [0.2, 0.25) is 0 Å². The van der Waals surface area contributed by atoms with Crippen LogP contribution in [0.4, 0.5) is 5.69 Å². The molecule has 3 aromatic rings. The summed E-state index contributed by atoms with van der Waals surface area (Å²) in [5.74, 6) is 0.785. The number of para-hydroxylation sites is 1. The van der Waals surface area contributed by atoms with Crippen LogP contribution in [0.2, 0.25) is 5.02 Å². The third-order valence-electron chi connectivity index (χ3n) is 3.20. The van der Waals surface area contributed by atoms with Gasteiger partial charge in [0, 0.05) is 28.9 Å². The third kappa shape index (κ3) is 2.58. The fourth-order valence-electron chi connectivity index (χ4n) is 2.25. The van der Waals surface area contributed by atoms with E-state index < -0.39 is 0 Å². The van der Waals surface area contributed by atoms with Gasteiger partial charge >= 0.3 is 0 Å². The van der Waals surface area contributed by atoms with E-state index in [1.165, 1.54) is 0 Å². The molecular weight excluding hydrogens is 272 g/mol. The van der Waals surface area contributed by atoms with Gasteiger partial charge in [-0.05, 0) is 18.2 Å². The molecule has 2 N–H and O–H groups in total. The molecule has 2 aromatic carbocycles. The van der Waals surface area contributed by atoms with Crippen LogP contribution in [0, 0.1) is 0 Å². The highest BCUT2D eigenvalue weighted by molar-refractivity contribution is 6.35. The van der Waals surface area contributed by atoms with Crippen LogP contribution in [0.3, 0.4) is 0 Å². The zero-order valence-corrected chi connectivity index (χ0v) is 11.7. The molecule has 0 aliphatic carbocycles. The number of anilines is 1. The Bertz CT molecular complexity index is 736. The number of nitrogens with two attached hydrogens (primary N) is 1. The van der Waals surface area contributed by atoms with Crippen molar-refractivity contribution in [2.75, 3.05) is 12.3 Å². The second-order valence-corrected chi connectivity index (χ2v) is 5.02. The van der Waals surface area contributed by atoms with Gasteiger partial charge in [0.1, 0.15) is 12.4 Å². The number of hydrogen-bond donors (Lipinski definition) is 1. The Balaban J connectivity index is 1.71. The molecule has 0 bridgehead atoms. The highest BCUT2D eigenvalue weighted by atomic mass is 35.5. The van der Waals surface area contributed by atoms with Gasteiger partial charge in [-0.1, -0.05) is 35.9 Å². The largest absolute Gasteiger partial charge is 0.492 e. The predicted octanol–water partition coefficient (Wildman–Crippen LogP) is 3.96. The van der Waals surface area contributed by atoms with E-state index in [9.17, 15) is 0 Å². The second kappa shape index (κ2) is 5.47. The number of nitrogen functional groups attached to an aromatic ring is 1. The quantitative estimate of drug-likeness (QED) is 0.738. The monoisotopic (exact) mass is 286 g/mol. The van der Waals surface area contributed by atoms with E-state index >= 15 is 0 Å². The SMILES string of the molecule is Nc1cccc(OCCn2cc(Cl)c3ccccc32)c1. The Hall–Kier alpha value is -2.13. The summed E-state index contributed by atoms with van der Waals surface area (Å²) in [4.78, 5) is 0. The molecule has 0 atom stereocenters. The first-order chi connectivity index (χ1) is 9.74. The third-order valence-corrected chi connectivity index (χ3v) is 3.50. The van der Waals surface area contributed by atoms with E-state index in [0.717, 1.165) is 28.2 Å². The van der Waals surface area contributed by atoms with Gasteiger partial charge in [-0.2, -0.15) is 0 Å².